The summed E-state index contributed by atoms with van der Waals surface area (Å²) in [5, 5.41) is 44.2. The highest BCUT2D eigenvalue weighted by Gasteiger charge is 2.64. The molecule has 0 aliphatic heterocycles. The minimum atomic E-state index is -2.74. The second-order valence-corrected chi connectivity index (χ2v) is 15.2. The number of hydrogen-bond donors (Lipinski definition) is 5. The van der Waals surface area contributed by atoms with E-state index in [1.807, 2.05) is 0 Å². The number of carboxylic acid groups (broad SMARTS) is 3. The second kappa shape index (κ2) is 15.8. The van der Waals surface area contributed by atoms with E-state index in [1.54, 1.807) is 6.92 Å². The molecule has 0 spiro atoms. The predicted molar refractivity (Wildman–Crippen MR) is 171 cm³/mol. The van der Waals surface area contributed by atoms with Crippen LogP contribution < -0.4 is 0 Å². The molecule has 0 bridgehead atoms. The lowest BCUT2D eigenvalue weighted by molar-refractivity contribution is -0.199. The Morgan fingerprint density at radius 2 is 1.47 bits per heavy atom. The standard InChI is InChI=1S/C29H49NO4.C6H8O7/c1-6-14-30(15-7-2)18-26(33)34-25-17-29(5)23(19(3)31)10-11-24(29)22-9-8-20-16-21(32)12-13-28(20,4)27(22)25;7-3(8)1-6(13,5(11)12)2-4(9)10/h20-25,27,32H,6-18H2,1-5H3;13H,1-2H2,(H,7,8)(H,9,10)(H,11,12)/t20-,21+,22-,23+,24-,25-,27+,28-,29+;/m0./s1. The molecule has 12 heteroatoms. The Bertz CT molecular complexity index is 1140. The first kappa shape index (κ1) is 38.9. The van der Waals surface area contributed by atoms with Crippen LogP contribution in [0.5, 0.6) is 0 Å². The van der Waals surface area contributed by atoms with E-state index in [-0.39, 0.29) is 34.9 Å². The Morgan fingerprint density at radius 3 is 1.98 bits per heavy atom. The van der Waals surface area contributed by atoms with Gasteiger partial charge in [0.25, 0.3) is 0 Å². The Morgan fingerprint density at radius 1 is 0.872 bits per heavy atom. The summed E-state index contributed by atoms with van der Waals surface area (Å²) >= 11 is 0. The van der Waals surface area contributed by atoms with Gasteiger partial charge in [-0.2, -0.15) is 0 Å². The van der Waals surface area contributed by atoms with E-state index in [1.165, 1.54) is 0 Å². The number of carbonyl (C=O) groups is 5. The average molecular weight is 668 g/mol. The molecule has 5 N–H and O–H groups in total. The van der Waals surface area contributed by atoms with Crippen LogP contribution in [0.25, 0.3) is 0 Å². The Kier molecular flexibility index (Phi) is 13.0. The number of carboxylic acids is 3. The lowest BCUT2D eigenvalue weighted by Gasteiger charge is -2.62. The van der Waals surface area contributed by atoms with Crippen LogP contribution in [-0.2, 0) is 28.7 Å². The topological polar surface area (TPSA) is 199 Å². The lowest BCUT2D eigenvalue weighted by Crippen LogP contribution is -2.60. The van der Waals surface area contributed by atoms with E-state index in [0.717, 1.165) is 77.3 Å². The molecular weight excluding hydrogens is 610 g/mol. The number of ketones is 1. The fraction of sp³-hybridized carbons (Fsp3) is 0.857. The molecule has 0 amide bonds. The van der Waals surface area contributed by atoms with Crippen molar-refractivity contribution in [1.29, 1.82) is 0 Å². The SMILES string of the molecule is CCCN(CCC)CC(=O)O[C@H]1C[C@]2(C)[C@@H](C(C)=O)CC[C@H]2[C@@H]2CC[C@H]3C[C@H](O)CC[C@]3(C)[C@H]21.O=C(O)CC(O)(CC(=O)O)C(=O)O. The summed E-state index contributed by atoms with van der Waals surface area (Å²) < 4.78 is 6.47. The van der Waals surface area contributed by atoms with Gasteiger partial charge in [0, 0.05) is 11.8 Å². The van der Waals surface area contributed by atoms with Gasteiger partial charge in [-0.15, -0.1) is 0 Å². The number of hydrogen-bond acceptors (Lipinski definition) is 9. The third-order valence-electron chi connectivity index (χ3n) is 12.0. The van der Waals surface area contributed by atoms with Crippen molar-refractivity contribution < 1.29 is 54.2 Å². The van der Waals surface area contributed by atoms with Crippen molar-refractivity contribution in [2.24, 2.45) is 40.4 Å². The molecule has 0 aromatic carbocycles. The minimum absolute atomic E-state index is 0.0676. The van der Waals surface area contributed by atoms with Crippen LogP contribution in [0.3, 0.4) is 0 Å². The highest BCUT2D eigenvalue weighted by molar-refractivity contribution is 5.88. The zero-order valence-electron chi connectivity index (χ0n) is 28.8. The number of aliphatic hydroxyl groups is 2. The Balaban J connectivity index is 0.000000392. The van der Waals surface area contributed by atoms with Crippen molar-refractivity contribution in [1.82, 2.24) is 4.90 Å². The maximum atomic E-state index is 13.3. The third-order valence-corrected chi connectivity index (χ3v) is 12.0. The van der Waals surface area contributed by atoms with Crippen LogP contribution in [0.15, 0.2) is 0 Å². The van der Waals surface area contributed by atoms with Gasteiger partial charge in [0.15, 0.2) is 5.60 Å². The number of aliphatic hydroxyl groups excluding tert-OH is 1. The summed E-state index contributed by atoms with van der Waals surface area (Å²) in [4.78, 5) is 58.7. The average Bonchev–Trinajstić information content (AvgIpc) is 3.30. The summed E-state index contributed by atoms with van der Waals surface area (Å²) in [6.07, 6.45) is 7.48. The molecule has 4 aliphatic carbocycles. The van der Waals surface area contributed by atoms with Crippen LogP contribution in [0.4, 0.5) is 0 Å². The number of nitrogens with zero attached hydrogens (tertiary/aromatic N) is 1. The molecule has 47 heavy (non-hydrogen) atoms. The first-order valence-electron chi connectivity index (χ1n) is 17.4. The van der Waals surface area contributed by atoms with E-state index in [4.69, 9.17) is 25.2 Å². The van der Waals surface area contributed by atoms with E-state index in [2.05, 4.69) is 32.6 Å². The van der Waals surface area contributed by atoms with Gasteiger partial charge >= 0.3 is 23.9 Å². The summed E-state index contributed by atoms with van der Waals surface area (Å²) in [5.74, 6) is -2.80. The zero-order chi connectivity index (χ0) is 35.3. The van der Waals surface area contributed by atoms with Crippen LogP contribution in [0.1, 0.15) is 112 Å². The summed E-state index contributed by atoms with van der Waals surface area (Å²) in [5.41, 5.74) is -2.70. The smallest absolute Gasteiger partial charge is 0.336 e. The second-order valence-electron chi connectivity index (χ2n) is 15.2. The number of esters is 1. The number of Topliss-reactive ketones (excluding diaryl/α,β-unsaturated/α-hetero) is 1. The first-order chi connectivity index (χ1) is 21.9. The van der Waals surface area contributed by atoms with Crippen LogP contribution in [0, 0.1) is 40.4 Å². The first-order valence-corrected chi connectivity index (χ1v) is 17.4. The highest BCUT2D eigenvalue weighted by atomic mass is 16.5. The van der Waals surface area contributed by atoms with Crippen molar-refractivity contribution in [2.45, 2.75) is 129 Å². The molecule has 0 aromatic rings. The largest absolute Gasteiger partial charge is 0.481 e. The van der Waals surface area contributed by atoms with Crippen molar-refractivity contribution in [3.05, 3.63) is 0 Å². The van der Waals surface area contributed by atoms with Crippen molar-refractivity contribution in [3.8, 4) is 0 Å². The Hall–Kier alpha value is -2.57. The molecule has 4 saturated carbocycles. The van der Waals surface area contributed by atoms with Gasteiger partial charge < -0.3 is 30.3 Å². The quantitative estimate of drug-likeness (QED) is 0.177. The van der Waals surface area contributed by atoms with Crippen molar-refractivity contribution in [2.75, 3.05) is 19.6 Å². The number of ether oxygens (including phenoxy) is 1. The van der Waals surface area contributed by atoms with Gasteiger partial charge in [-0.1, -0.05) is 27.7 Å². The molecular formula is C35H57NO11. The van der Waals surface area contributed by atoms with E-state index >= 15 is 0 Å². The van der Waals surface area contributed by atoms with Gasteiger partial charge in [0.2, 0.25) is 0 Å². The molecule has 0 saturated heterocycles. The maximum Gasteiger partial charge on any atom is 0.336 e. The van der Waals surface area contributed by atoms with Crippen molar-refractivity contribution in [3.63, 3.8) is 0 Å². The van der Waals surface area contributed by atoms with Gasteiger partial charge in [0.05, 0.1) is 25.5 Å². The fourth-order valence-corrected chi connectivity index (χ4v) is 10.1. The summed E-state index contributed by atoms with van der Waals surface area (Å²) in [6, 6.07) is 0. The summed E-state index contributed by atoms with van der Waals surface area (Å²) in [6.45, 7) is 13.0. The number of aliphatic carboxylic acids is 3. The molecule has 4 aliphatic rings. The third kappa shape index (κ3) is 8.73. The number of rotatable bonds is 13. The number of fused-ring (bicyclic) bond motifs is 5. The highest BCUT2D eigenvalue weighted by Crippen LogP contribution is 2.68. The zero-order valence-corrected chi connectivity index (χ0v) is 28.8. The van der Waals surface area contributed by atoms with E-state index in [0.29, 0.717) is 36.0 Å². The Labute approximate surface area is 278 Å². The summed E-state index contributed by atoms with van der Waals surface area (Å²) in [7, 11) is 0. The molecule has 12 nitrogen and oxygen atoms in total. The van der Waals surface area contributed by atoms with Crippen LogP contribution >= 0.6 is 0 Å². The normalized spacial score (nSPS) is 34.6. The molecule has 4 fully saturated rings. The fourth-order valence-electron chi connectivity index (χ4n) is 10.1. The maximum absolute atomic E-state index is 13.3. The van der Waals surface area contributed by atoms with Crippen LogP contribution in [-0.4, -0.2) is 97.5 Å². The van der Waals surface area contributed by atoms with Gasteiger partial charge in [-0.3, -0.25) is 24.1 Å². The van der Waals surface area contributed by atoms with Gasteiger partial charge in [-0.05, 0) is 113 Å². The van der Waals surface area contributed by atoms with E-state index < -0.39 is 36.4 Å². The molecule has 0 heterocycles. The molecule has 0 unspecified atom stereocenters. The number of carbonyl (C=O) groups excluding carboxylic acids is 2. The van der Waals surface area contributed by atoms with Gasteiger partial charge in [0.1, 0.15) is 11.9 Å². The van der Waals surface area contributed by atoms with Crippen LogP contribution in [0.2, 0.25) is 0 Å². The van der Waals surface area contributed by atoms with E-state index in [9.17, 15) is 29.1 Å². The molecule has 9 atom stereocenters. The minimum Gasteiger partial charge on any atom is -0.481 e. The van der Waals surface area contributed by atoms with Gasteiger partial charge in [-0.25, -0.2) is 4.79 Å². The lowest BCUT2D eigenvalue weighted by atomic mass is 9.43. The molecule has 0 radical (unpaired) electrons. The monoisotopic (exact) mass is 667 g/mol. The molecule has 268 valence electrons. The molecule has 4 rings (SSSR count). The predicted octanol–water partition coefficient (Wildman–Crippen LogP) is 3.99. The van der Waals surface area contributed by atoms with Crippen molar-refractivity contribution >= 4 is 29.7 Å². The molecule has 0 aromatic heterocycles.